The van der Waals surface area contributed by atoms with Crippen LogP contribution in [-0.4, -0.2) is 6.43 Å². The number of halogens is 2. The van der Waals surface area contributed by atoms with Crippen molar-refractivity contribution in [3.63, 3.8) is 0 Å². The Hall–Kier alpha value is -1.38. The van der Waals surface area contributed by atoms with Gasteiger partial charge in [0.25, 0.3) is 6.43 Å². The first-order valence-electron chi connectivity index (χ1n) is 4.01. The van der Waals surface area contributed by atoms with Crippen molar-refractivity contribution in [2.45, 2.75) is 12.8 Å². The average Bonchev–Trinajstić information content (AvgIpc) is 2.17. The van der Waals surface area contributed by atoms with Crippen LogP contribution in [0.5, 0.6) is 5.75 Å². The maximum Gasteiger partial charge on any atom is 0.295 e. The van der Waals surface area contributed by atoms with Crippen LogP contribution < -0.4 is 4.74 Å². The smallest absolute Gasteiger partial charge is 0.295 e. The highest BCUT2D eigenvalue weighted by atomic mass is 19.3. The molecule has 0 spiro atoms. The molecule has 0 saturated carbocycles. The number of benzene rings is 1. The van der Waals surface area contributed by atoms with E-state index in [1.54, 1.807) is 12.1 Å². The summed E-state index contributed by atoms with van der Waals surface area (Å²) in [5, 5.41) is 0. The van der Waals surface area contributed by atoms with Gasteiger partial charge in [0.1, 0.15) is 5.75 Å². The molecule has 1 aromatic carbocycles. The third-order valence-electron chi connectivity index (χ3n) is 1.94. The summed E-state index contributed by atoms with van der Waals surface area (Å²) in [5.74, 6) is 0.305. The van der Waals surface area contributed by atoms with E-state index >= 15 is 0 Å². The van der Waals surface area contributed by atoms with Gasteiger partial charge in [-0.3, -0.25) is 0 Å². The van der Waals surface area contributed by atoms with Gasteiger partial charge in [-0.15, -0.1) is 0 Å². The second-order valence-electron chi connectivity index (χ2n) is 2.82. The lowest BCUT2D eigenvalue weighted by Crippen LogP contribution is -2.10. The zero-order valence-electron chi connectivity index (χ0n) is 6.84. The van der Waals surface area contributed by atoms with E-state index in [0.717, 1.165) is 5.56 Å². The van der Waals surface area contributed by atoms with Crippen molar-refractivity contribution in [2.24, 2.45) is 0 Å². The van der Waals surface area contributed by atoms with Crippen LogP contribution in [0.4, 0.5) is 8.78 Å². The summed E-state index contributed by atoms with van der Waals surface area (Å²) in [4.78, 5) is 0. The number of alkyl halides is 2. The van der Waals surface area contributed by atoms with Crippen LogP contribution in [0.3, 0.4) is 0 Å². The molecule has 0 aromatic heterocycles. The minimum Gasteiger partial charge on any atom is -0.456 e. The molecule has 1 aliphatic heterocycles. The highest BCUT2D eigenvalue weighted by Gasteiger charge is 2.18. The summed E-state index contributed by atoms with van der Waals surface area (Å²) < 4.78 is 29.4. The lowest BCUT2D eigenvalue weighted by Gasteiger charge is -2.16. The molecule has 1 nitrogen and oxygen atoms in total. The molecule has 0 N–H and O–H groups in total. The fourth-order valence-corrected chi connectivity index (χ4v) is 1.28. The van der Waals surface area contributed by atoms with Crippen molar-refractivity contribution >= 4 is 0 Å². The second-order valence-corrected chi connectivity index (χ2v) is 2.82. The van der Waals surface area contributed by atoms with Crippen LogP contribution in [0, 0.1) is 0 Å². The maximum absolute atomic E-state index is 12.2. The number of allylic oxidation sites excluding steroid dienone is 2. The predicted octanol–water partition coefficient (Wildman–Crippen LogP) is 2.77. The quantitative estimate of drug-likeness (QED) is 0.648. The van der Waals surface area contributed by atoms with Crippen LogP contribution in [0.1, 0.15) is 5.56 Å². The second kappa shape index (κ2) is 3.17. The van der Waals surface area contributed by atoms with E-state index in [2.05, 4.69) is 0 Å². The Kier molecular flexibility index (Phi) is 2.00. The first-order chi connectivity index (χ1) is 6.27. The van der Waals surface area contributed by atoms with Gasteiger partial charge in [-0.05, 0) is 24.1 Å². The molecule has 0 fully saturated rings. The molecular weight excluding hydrogens is 174 g/mol. The first kappa shape index (κ1) is 8.23. The van der Waals surface area contributed by atoms with Crippen LogP contribution >= 0.6 is 0 Å². The Labute approximate surface area is 74.6 Å². The molecule has 13 heavy (non-hydrogen) atoms. The van der Waals surface area contributed by atoms with E-state index in [0.29, 0.717) is 12.2 Å². The standard InChI is InChI=1S/C10H8F2O/c11-10(12)9-6-5-7-3-1-2-4-8(7)13-9/h1-4,6,10H,5H2. The van der Waals surface area contributed by atoms with E-state index in [1.165, 1.54) is 6.08 Å². The van der Waals surface area contributed by atoms with E-state index < -0.39 is 6.43 Å². The van der Waals surface area contributed by atoms with Gasteiger partial charge in [0.2, 0.25) is 0 Å². The maximum atomic E-state index is 12.2. The van der Waals surface area contributed by atoms with Gasteiger partial charge in [-0.1, -0.05) is 18.2 Å². The van der Waals surface area contributed by atoms with E-state index in [9.17, 15) is 8.78 Å². The molecule has 0 saturated heterocycles. The normalized spacial score (nSPS) is 14.8. The third-order valence-corrected chi connectivity index (χ3v) is 1.94. The molecule has 1 aliphatic rings. The first-order valence-corrected chi connectivity index (χ1v) is 4.01. The van der Waals surface area contributed by atoms with Crippen molar-refractivity contribution in [2.75, 3.05) is 0 Å². The summed E-state index contributed by atoms with van der Waals surface area (Å²) in [7, 11) is 0. The van der Waals surface area contributed by atoms with Crippen LogP contribution in [0.2, 0.25) is 0 Å². The Bertz CT molecular complexity index is 345. The van der Waals surface area contributed by atoms with Gasteiger partial charge in [0.05, 0.1) is 0 Å². The highest BCUT2D eigenvalue weighted by molar-refractivity contribution is 5.39. The van der Waals surface area contributed by atoms with E-state index in [-0.39, 0.29) is 5.76 Å². The lowest BCUT2D eigenvalue weighted by molar-refractivity contribution is 0.134. The Morgan fingerprint density at radius 3 is 2.77 bits per heavy atom. The molecular formula is C10H8F2O. The van der Waals surface area contributed by atoms with E-state index in [4.69, 9.17) is 4.74 Å². The topological polar surface area (TPSA) is 9.23 Å². The zero-order valence-corrected chi connectivity index (χ0v) is 6.84. The molecule has 0 unspecified atom stereocenters. The molecule has 1 aromatic rings. The Morgan fingerprint density at radius 2 is 2.00 bits per heavy atom. The molecule has 1 heterocycles. The summed E-state index contributed by atoms with van der Waals surface area (Å²) in [6.07, 6.45) is -0.573. The van der Waals surface area contributed by atoms with Crippen molar-refractivity contribution in [3.05, 3.63) is 41.7 Å². The Morgan fingerprint density at radius 1 is 1.23 bits per heavy atom. The largest absolute Gasteiger partial charge is 0.456 e. The minimum absolute atomic E-state index is 0.237. The summed E-state index contributed by atoms with van der Waals surface area (Å²) in [6, 6.07) is 7.20. The zero-order chi connectivity index (χ0) is 9.26. The van der Waals surface area contributed by atoms with Gasteiger partial charge in [-0.2, -0.15) is 0 Å². The molecule has 0 radical (unpaired) electrons. The molecule has 2 rings (SSSR count). The van der Waals surface area contributed by atoms with Gasteiger partial charge < -0.3 is 4.74 Å². The third kappa shape index (κ3) is 1.54. The lowest BCUT2D eigenvalue weighted by atomic mass is 10.1. The van der Waals surface area contributed by atoms with Crippen LogP contribution in [0.15, 0.2) is 36.1 Å². The predicted molar refractivity (Wildman–Crippen MR) is 44.9 cm³/mol. The molecule has 0 atom stereocenters. The Balaban J connectivity index is 2.28. The summed E-state index contributed by atoms with van der Waals surface area (Å²) in [5.41, 5.74) is 0.951. The molecule has 0 aliphatic carbocycles. The van der Waals surface area contributed by atoms with Gasteiger partial charge >= 0.3 is 0 Å². The van der Waals surface area contributed by atoms with Crippen molar-refractivity contribution in [1.29, 1.82) is 0 Å². The number of para-hydroxylation sites is 1. The molecule has 68 valence electrons. The van der Waals surface area contributed by atoms with Crippen LogP contribution in [0.25, 0.3) is 0 Å². The fraction of sp³-hybridized carbons (Fsp3) is 0.200. The number of hydrogen-bond donors (Lipinski definition) is 0. The fourth-order valence-electron chi connectivity index (χ4n) is 1.28. The molecule has 0 amide bonds. The average molecular weight is 182 g/mol. The van der Waals surface area contributed by atoms with Gasteiger partial charge in [0, 0.05) is 0 Å². The van der Waals surface area contributed by atoms with Crippen molar-refractivity contribution < 1.29 is 13.5 Å². The molecule has 0 bridgehead atoms. The van der Waals surface area contributed by atoms with Crippen molar-refractivity contribution in [1.82, 2.24) is 0 Å². The van der Waals surface area contributed by atoms with Gasteiger partial charge in [-0.25, -0.2) is 8.78 Å². The highest BCUT2D eigenvalue weighted by Crippen LogP contribution is 2.27. The van der Waals surface area contributed by atoms with Crippen molar-refractivity contribution in [3.8, 4) is 5.75 Å². The number of hydrogen-bond acceptors (Lipinski definition) is 1. The number of rotatable bonds is 1. The summed E-state index contributed by atoms with van der Waals surface area (Å²) in [6.45, 7) is 0. The van der Waals surface area contributed by atoms with E-state index in [1.807, 2.05) is 12.1 Å². The number of fused-ring (bicyclic) bond motifs is 1. The number of ether oxygens (including phenoxy) is 1. The summed E-state index contributed by atoms with van der Waals surface area (Å²) >= 11 is 0. The monoisotopic (exact) mass is 182 g/mol. The minimum atomic E-state index is -2.52. The SMILES string of the molecule is FC(F)C1=CCc2ccccc2O1. The van der Waals surface area contributed by atoms with Crippen LogP contribution in [-0.2, 0) is 6.42 Å². The molecule has 3 heteroatoms. The van der Waals surface area contributed by atoms with Gasteiger partial charge in [0.15, 0.2) is 5.76 Å².